The van der Waals surface area contributed by atoms with Crippen molar-refractivity contribution in [1.82, 2.24) is 5.32 Å². The highest BCUT2D eigenvalue weighted by molar-refractivity contribution is 5.98. The molecule has 0 aliphatic carbocycles. The van der Waals surface area contributed by atoms with Gasteiger partial charge in [-0.15, -0.1) is 0 Å². The first-order valence-electron chi connectivity index (χ1n) is 6.03. The molecular formula is C13H16F2N2O. The summed E-state index contributed by atoms with van der Waals surface area (Å²) >= 11 is 0. The molecule has 1 aromatic rings. The first-order chi connectivity index (χ1) is 8.51. The molecule has 1 aliphatic heterocycles. The zero-order valence-corrected chi connectivity index (χ0v) is 10.2. The molecule has 1 heterocycles. The van der Waals surface area contributed by atoms with Crippen molar-refractivity contribution in [2.24, 2.45) is 0 Å². The van der Waals surface area contributed by atoms with Crippen LogP contribution in [0.5, 0.6) is 0 Å². The predicted molar refractivity (Wildman–Crippen MR) is 65.2 cm³/mol. The Morgan fingerprint density at radius 1 is 1.39 bits per heavy atom. The summed E-state index contributed by atoms with van der Waals surface area (Å²) in [5, 5.41) is 5.57. The quantitative estimate of drug-likeness (QED) is 0.851. The highest BCUT2D eigenvalue weighted by atomic mass is 19.1. The summed E-state index contributed by atoms with van der Waals surface area (Å²) in [5.41, 5.74) is -0.828. The number of halogens is 2. The number of anilines is 1. The third-order valence-corrected chi connectivity index (χ3v) is 3.30. The van der Waals surface area contributed by atoms with E-state index in [9.17, 15) is 13.6 Å². The first-order valence-corrected chi connectivity index (χ1v) is 6.03. The largest absolute Gasteiger partial charge is 0.322 e. The molecule has 1 aromatic carbocycles. The number of hydrogen-bond acceptors (Lipinski definition) is 2. The van der Waals surface area contributed by atoms with Gasteiger partial charge in [-0.3, -0.25) is 4.79 Å². The van der Waals surface area contributed by atoms with Crippen molar-refractivity contribution in [3.8, 4) is 0 Å². The number of benzene rings is 1. The van der Waals surface area contributed by atoms with E-state index in [1.165, 1.54) is 0 Å². The zero-order chi connectivity index (χ0) is 13.2. The smallest absolute Gasteiger partial charge is 0.244 e. The second kappa shape index (κ2) is 5.02. The Hall–Kier alpha value is -1.49. The molecule has 0 radical (unpaired) electrons. The van der Waals surface area contributed by atoms with Crippen LogP contribution in [0, 0.1) is 11.6 Å². The molecular weight excluding hydrogens is 238 g/mol. The maximum absolute atomic E-state index is 13.4. The average Bonchev–Trinajstić information content (AvgIpc) is 2.35. The minimum atomic E-state index is -0.711. The normalized spacial score (nSPS) is 23.7. The van der Waals surface area contributed by atoms with Gasteiger partial charge in [-0.2, -0.15) is 0 Å². The van der Waals surface area contributed by atoms with E-state index in [2.05, 4.69) is 10.6 Å². The molecule has 1 unspecified atom stereocenters. The van der Waals surface area contributed by atoms with Gasteiger partial charge in [-0.05, 0) is 44.9 Å². The van der Waals surface area contributed by atoms with E-state index in [4.69, 9.17) is 0 Å². The number of carbonyl (C=O) groups excluding carboxylic acids is 1. The topological polar surface area (TPSA) is 41.1 Å². The van der Waals surface area contributed by atoms with E-state index < -0.39 is 17.2 Å². The van der Waals surface area contributed by atoms with Crippen molar-refractivity contribution in [2.75, 3.05) is 11.9 Å². The van der Waals surface area contributed by atoms with Crippen LogP contribution in [0.1, 0.15) is 26.2 Å². The lowest BCUT2D eigenvalue weighted by molar-refractivity contribution is -0.122. The van der Waals surface area contributed by atoms with Gasteiger partial charge in [-0.25, -0.2) is 8.78 Å². The summed E-state index contributed by atoms with van der Waals surface area (Å²) in [6, 6.07) is 3.01. The van der Waals surface area contributed by atoms with Gasteiger partial charge in [0, 0.05) is 6.07 Å². The van der Waals surface area contributed by atoms with E-state index in [0.717, 1.165) is 37.6 Å². The number of rotatable bonds is 2. The van der Waals surface area contributed by atoms with Gasteiger partial charge >= 0.3 is 0 Å². The van der Waals surface area contributed by atoms with E-state index >= 15 is 0 Å². The van der Waals surface area contributed by atoms with Crippen LogP contribution >= 0.6 is 0 Å². The summed E-state index contributed by atoms with van der Waals surface area (Å²) in [7, 11) is 0. The lowest BCUT2D eigenvalue weighted by atomic mass is 9.90. The summed E-state index contributed by atoms with van der Waals surface area (Å²) in [4.78, 5) is 12.1. The number of piperidine rings is 1. The van der Waals surface area contributed by atoms with Crippen molar-refractivity contribution in [2.45, 2.75) is 31.7 Å². The molecule has 5 heteroatoms. The number of hydrogen-bond donors (Lipinski definition) is 2. The van der Waals surface area contributed by atoms with Crippen LogP contribution < -0.4 is 10.6 Å². The highest BCUT2D eigenvalue weighted by Gasteiger charge is 2.34. The second-order valence-electron chi connectivity index (χ2n) is 4.79. The van der Waals surface area contributed by atoms with Gasteiger partial charge in [0.05, 0.1) is 11.2 Å². The van der Waals surface area contributed by atoms with E-state index in [1.807, 2.05) is 0 Å². The Morgan fingerprint density at radius 3 is 2.83 bits per heavy atom. The van der Waals surface area contributed by atoms with Crippen molar-refractivity contribution in [3.05, 3.63) is 29.8 Å². The van der Waals surface area contributed by atoms with E-state index in [1.54, 1.807) is 6.92 Å². The molecule has 0 bridgehead atoms. The van der Waals surface area contributed by atoms with Gasteiger partial charge in [0.25, 0.3) is 0 Å². The highest BCUT2D eigenvalue weighted by Crippen LogP contribution is 2.22. The maximum atomic E-state index is 13.4. The van der Waals surface area contributed by atoms with Gasteiger partial charge < -0.3 is 10.6 Å². The third-order valence-electron chi connectivity index (χ3n) is 3.30. The Kier molecular flexibility index (Phi) is 3.61. The molecule has 0 saturated carbocycles. The van der Waals surface area contributed by atoms with Crippen molar-refractivity contribution >= 4 is 11.6 Å². The van der Waals surface area contributed by atoms with Crippen LogP contribution in [0.2, 0.25) is 0 Å². The molecule has 0 aromatic heterocycles. The lowest BCUT2D eigenvalue weighted by Crippen LogP contribution is -2.54. The molecule has 1 amide bonds. The van der Waals surface area contributed by atoms with Crippen LogP contribution in [0.3, 0.4) is 0 Å². The second-order valence-corrected chi connectivity index (χ2v) is 4.79. The lowest BCUT2D eigenvalue weighted by Gasteiger charge is -2.33. The van der Waals surface area contributed by atoms with E-state index in [0.29, 0.717) is 6.42 Å². The molecule has 1 aliphatic rings. The van der Waals surface area contributed by atoms with Crippen LogP contribution in [-0.4, -0.2) is 18.0 Å². The van der Waals surface area contributed by atoms with Crippen LogP contribution in [0.15, 0.2) is 18.2 Å². The van der Waals surface area contributed by atoms with Crippen LogP contribution in [0.4, 0.5) is 14.5 Å². The third kappa shape index (κ3) is 2.67. The molecule has 0 spiro atoms. The summed E-state index contributed by atoms with van der Waals surface area (Å²) in [6.07, 6.45) is 2.66. The summed E-state index contributed by atoms with van der Waals surface area (Å²) < 4.78 is 26.4. The average molecular weight is 254 g/mol. The van der Waals surface area contributed by atoms with Gasteiger partial charge in [0.15, 0.2) is 0 Å². The summed E-state index contributed by atoms with van der Waals surface area (Å²) in [6.45, 7) is 2.54. The van der Waals surface area contributed by atoms with Crippen molar-refractivity contribution < 1.29 is 13.6 Å². The molecule has 1 fully saturated rings. The molecule has 3 nitrogen and oxygen atoms in total. The van der Waals surface area contributed by atoms with Crippen LogP contribution in [0.25, 0.3) is 0 Å². The van der Waals surface area contributed by atoms with Crippen molar-refractivity contribution in [3.63, 3.8) is 0 Å². The minimum absolute atomic E-state index is 0.117. The van der Waals surface area contributed by atoms with Gasteiger partial charge in [-0.1, -0.05) is 0 Å². The SMILES string of the molecule is CC1(C(=O)Nc2cc(F)ccc2F)CCCCN1. The Morgan fingerprint density at radius 2 is 2.17 bits per heavy atom. The fourth-order valence-corrected chi connectivity index (χ4v) is 2.10. The van der Waals surface area contributed by atoms with Crippen LogP contribution in [-0.2, 0) is 4.79 Å². The Labute approximate surface area is 105 Å². The number of amides is 1. The fourth-order valence-electron chi connectivity index (χ4n) is 2.10. The van der Waals surface area contributed by atoms with Gasteiger partial charge in [0.2, 0.25) is 5.91 Å². The first kappa shape index (κ1) is 13.0. The van der Waals surface area contributed by atoms with Gasteiger partial charge in [0.1, 0.15) is 11.6 Å². The maximum Gasteiger partial charge on any atom is 0.244 e. The molecule has 2 N–H and O–H groups in total. The summed E-state index contributed by atoms with van der Waals surface area (Å²) in [5.74, 6) is -1.54. The molecule has 1 atom stereocenters. The molecule has 1 saturated heterocycles. The standard InChI is InChI=1S/C13H16F2N2O/c1-13(6-2-3-7-16-13)12(18)17-11-8-9(14)4-5-10(11)15/h4-5,8,16H,2-3,6-7H2,1H3,(H,17,18). The monoisotopic (exact) mass is 254 g/mol. The molecule has 18 heavy (non-hydrogen) atoms. The number of carbonyl (C=O) groups is 1. The Bertz CT molecular complexity index is 456. The Balaban J connectivity index is 2.13. The zero-order valence-electron chi connectivity index (χ0n) is 10.2. The van der Waals surface area contributed by atoms with E-state index in [-0.39, 0.29) is 11.6 Å². The predicted octanol–water partition coefficient (Wildman–Crippen LogP) is 2.44. The molecule has 98 valence electrons. The number of nitrogens with one attached hydrogen (secondary N) is 2. The minimum Gasteiger partial charge on any atom is -0.322 e. The molecule has 2 rings (SSSR count). The van der Waals surface area contributed by atoms with Crippen molar-refractivity contribution in [1.29, 1.82) is 0 Å². The fraction of sp³-hybridized carbons (Fsp3) is 0.462.